The van der Waals surface area contributed by atoms with Crippen molar-refractivity contribution in [1.82, 2.24) is 5.43 Å². The fourth-order valence-corrected chi connectivity index (χ4v) is 1.44. The number of amidine groups is 1. The number of ether oxygens (including phenoxy) is 1. The maximum absolute atomic E-state index is 12.1. The van der Waals surface area contributed by atoms with Gasteiger partial charge in [0.05, 0.1) is 0 Å². The van der Waals surface area contributed by atoms with Crippen LogP contribution in [0.15, 0.2) is 28.3 Å². The summed E-state index contributed by atoms with van der Waals surface area (Å²) in [5, 5.41) is 3.46. The molecule has 4 nitrogen and oxygen atoms in total. The lowest BCUT2D eigenvalue weighted by atomic mass is 10.2. The number of hydrazone groups is 1. The molecule has 1 aromatic carbocycles. The third-order valence-electron chi connectivity index (χ3n) is 1.79. The summed E-state index contributed by atoms with van der Waals surface area (Å²) in [7, 11) is 1.44. The van der Waals surface area contributed by atoms with Crippen molar-refractivity contribution in [3.05, 3.63) is 28.8 Å². The van der Waals surface area contributed by atoms with Gasteiger partial charge in [-0.1, -0.05) is 11.6 Å². The molecule has 98 valence electrons. The Labute approximate surface area is 106 Å². The van der Waals surface area contributed by atoms with Gasteiger partial charge in [0, 0.05) is 24.4 Å². The molecule has 0 spiro atoms. The minimum absolute atomic E-state index is 0.0822. The molecular formula is C10H9ClF3N3O. The van der Waals surface area contributed by atoms with Crippen molar-refractivity contribution < 1.29 is 17.9 Å². The highest BCUT2D eigenvalue weighted by atomic mass is 35.5. The number of nitrogens with one attached hydrogen (secondary N) is 1. The zero-order valence-corrected chi connectivity index (χ0v) is 10.0. The van der Waals surface area contributed by atoms with E-state index in [-0.39, 0.29) is 10.9 Å². The van der Waals surface area contributed by atoms with Gasteiger partial charge in [-0.15, -0.1) is 13.2 Å². The second kappa shape index (κ2) is 5.72. The van der Waals surface area contributed by atoms with Gasteiger partial charge in [0.15, 0.2) is 0 Å². The molecule has 0 aliphatic heterocycles. The lowest BCUT2D eigenvalue weighted by Crippen LogP contribution is -2.20. The van der Waals surface area contributed by atoms with Gasteiger partial charge in [-0.3, -0.25) is 10.4 Å². The quantitative estimate of drug-likeness (QED) is 0.525. The molecule has 1 rings (SSSR count). The normalized spacial score (nSPS) is 12.2. The van der Waals surface area contributed by atoms with Crippen LogP contribution in [0.4, 0.5) is 13.2 Å². The van der Waals surface area contributed by atoms with Crippen molar-refractivity contribution in [3.63, 3.8) is 0 Å². The number of hydrogen-bond acceptors (Lipinski definition) is 3. The monoisotopic (exact) mass is 279 g/mol. The Morgan fingerprint density at radius 3 is 2.56 bits per heavy atom. The topological polar surface area (TPSA) is 46.0 Å². The van der Waals surface area contributed by atoms with E-state index in [2.05, 4.69) is 27.0 Å². The fraction of sp³-hybridized carbons (Fsp3) is 0.200. The van der Waals surface area contributed by atoms with Crippen LogP contribution in [-0.2, 0) is 0 Å². The zero-order chi connectivity index (χ0) is 13.8. The lowest BCUT2D eigenvalue weighted by molar-refractivity contribution is -0.274. The standard InChI is InChI=1S/C10H9ClF3N3O/c1-15-9(17-16-2)6-3-7(11)5-8(4-6)18-10(12,13)14/h3-5H,2H2,1H3,(H,15,17). The molecule has 8 heteroatoms. The molecule has 0 fully saturated rings. The molecule has 0 heterocycles. The van der Waals surface area contributed by atoms with E-state index in [1.807, 2.05) is 0 Å². The summed E-state index contributed by atoms with van der Waals surface area (Å²) < 4.78 is 40.1. The molecule has 18 heavy (non-hydrogen) atoms. The minimum Gasteiger partial charge on any atom is -0.406 e. The van der Waals surface area contributed by atoms with Crippen molar-refractivity contribution in [2.24, 2.45) is 10.1 Å². The van der Waals surface area contributed by atoms with Crippen LogP contribution in [0.25, 0.3) is 0 Å². The molecule has 1 N–H and O–H groups in total. The van der Waals surface area contributed by atoms with E-state index in [9.17, 15) is 13.2 Å². The minimum atomic E-state index is -4.78. The Hall–Kier alpha value is -1.76. The molecule has 0 saturated heterocycles. The SMILES string of the molecule is C=NNC(=NC)c1cc(Cl)cc(OC(F)(F)F)c1. The zero-order valence-electron chi connectivity index (χ0n) is 9.25. The van der Waals surface area contributed by atoms with Crippen LogP contribution in [0, 0.1) is 0 Å². The Balaban J connectivity index is 3.11. The highest BCUT2D eigenvalue weighted by molar-refractivity contribution is 6.31. The molecule has 0 bridgehead atoms. The summed E-state index contributed by atoms with van der Waals surface area (Å²) in [6, 6.07) is 3.61. The van der Waals surface area contributed by atoms with Crippen LogP contribution < -0.4 is 10.2 Å². The lowest BCUT2D eigenvalue weighted by Gasteiger charge is -2.11. The van der Waals surface area contributed by atoms with Gasteiger partial charge in [0.2, 0.25) is 0 Å². The molecular weight excluding hydrogens is 271 g/mol. The van der Waals surface area contributed by atoms with E-state index in [1.165, 1.54) is 13.1 Å². The van der Waals surface area contributed by atoms with E-state index in [0.29, 0.717) is 5.56 Å². The Morgan fingerprint density at radius 1 is 1.39 bits per heavy atom. The van der Waals surface area contributed by atoms with Crippen molar-refractivity contribution in [3.8, 4) is 5.75 Å². The molecule has 0 aliphatic carbocycles. The van der Waals surface area contributed by atoms with Crippen LogP contribution in [0.2, 0.25) is 5.02 Å². The summed E-state index contributed by atoms with van der Waals surface area (Å²) in [5.41, 5.74) is 2.74. The van der Waals surface area contributed by atoms with Crippen LogP contribution >= 0.6 is 11.6 Å². The Morgan fingerprint density at radius 2 is 2.06 bits per heavy atom. The average Bonchev–Trinajstić information content (AvgIpc) is 2.22. The van der Waals surface area contributed by atoms with Gasteiger partial charge in [-0.25, -0.2) is 0 Å². The largest absolute Gasteiger partial charge is 0.573 e. The number of hydrogen-bond donors (Lipinski definition) is 1. The first-order valence-electron chi connectivity index (χ1n) is 4.61. The predicted molar refractivity (Wildman–Crippen MR) is 63.3 cm³/mol. The Bertz CT molecular complexity index is 474. The average molecular weight is 280 g/mol. The van der Waals surface area contributed by atoms with E-state index in [0.717, 1.165) is 12.1 Å². The molecule has 0 radical (unpaired) electrons. The first-order chi connectivity index (χ1) is 8.35. The van der Waals surface area contributed by atoms with E-state index in [4.69, 9.17) is 11.6 Å². The van der Waals surface area contributed by atoms with E-state index < -0.39 is 12.1 Å². The summed E-state index contributed by atoms with van der Waals surface area (Å²) in [4.78, 5) is 3.80. The summed E-state index contributed by atoms with van der Waals surface area (Å²) >= 11 is 5.70. The van der Waals surface area contributed by atoms with Crippen molar-refractivity contribution in [2.45, 2.75) is 6.36 Å². The fourth-order valence-electron chi connectivity index (χ4n) is 1.21. The van der Waals surface area contributed by atoms with Crippen molar-refractivity contribution in [1.29, 1.82) is 0 Å². The van der Waals surface area contributed by atoms with Gasteiger partial charge in [-0.05, 0) is 18.2 Å². The maximum atomic E-state index is 12.1. The molecule has 0 atom stereocenters. The molecule has 0 amide bonds. The van der Waals surface area contributed by atoms with Gasteiger partial charge >= 0.3 is 6.36 Å². The third-order valence-corrected chi connectivity index (χ3v) is 2.01. The first-order valence-corrected chi connectivity index (χ1v) is 4.98. The number of nitrogens with zero attached hydrogens (tertiary/aromatic N) is 2. The number of benzene rings is 1. The van der Waals surface area contributed by atoms with Crippen LogP contribution in [0.5, 0.6) is 5.75 Å². The maximum Gasteiger partial charge on any atom is 0.573 e. The first kappa shape index (κ1) is 14.3. The Kier molecular flexibility index (Phi) is 4.55. The number of halogens is 4. The van der Waals surface area contributed by atoms with Gasteiger partial charge in [-0.2, -0.15) is 5.10 Å². The van der Waals surface area contributed by atoms with Gasteiger partial charge in [0.1, 0.15) is 11.6 Å². The van der Waals surface area contributed by atoms with Crippen LogP contribution in [0.1, 0.15) is 5.56 Å². The summed E-state index contributed by atoms with van der Waals surface area (Å²) in [5.74, 6) is -0.212. The molecule has 0 aliphatic rings. The highest BCUT2D eigenvalue weighted by Gasteiger charge is 2.31. The van der Waals surface area contributed by atoms with Crippen LogP contribution in [0.3, 0.4) is 0 Å². The van der Waals surface area contributed by atoms with Crippen molar-refractivity contribution in [2.75, 3.05) is 7.05 Å². The molecule has 0 aromatic heterocycles. The second-order valence-corrected chi connectivity index (χ2v) is 3.50. The number of rotatable bonds is 3. The summed E-state index contributed by atoms with van der Waals surface area (Å²) in [6.07, 6.45) is -4.78. The third kappa shape index (κ3) is 4.25. The van der Waals surface area contributed by atoms with Gasteiger partial charge in [0.25, 0.3) is 0 Å². The molecule has 0 saturated carbocycles. The predicted octanol–water partition coefficient (Wildman–Crippen LogP) is 2.82. The number of alkyl halides is 3. The molecule has 0 unspecified atom stereocenters. The second-order valence-electron chi connectivity index (χ2n) is 3.07. The van der Waals surface area contributed by atoms with E-state index in [1.54, 1.807) is 0 Å². The highest BCUT2D eigenvalue weighted by Crippen LogP contribution is 2.27. The van der Waals surface area contributed by atoms with E-state index >= 15 is 0 Å². The number of aliphatic imine (C=N–C) groups is 1. The van der Waals surface area contributed by atoms with Crippen molar-refractivity contribution >= 4 is 24.2 Å². The van der Waals surface area contributed by atoms with Gasteiger partial charge < -0.3 is 4.74 Å². The smallest absolute Gasteiger partial charge is 0.406 e. The van der Waals surface area contributed by atoms with Crippen LogP contribution in [-0.4, -0.2) is 26.0 Å². The molecule has 1 aromatic rings. The summed E-state index contributed by atoms with van der Waals surface area (Å²) in [6.45, 7) is 3.19.